The second-order valence-electron chi connectivity index (χ2n) is 7.05. The minimum atomic E-state index is -0.846. The minimum absolute atomic E-state index is 0.0254. The lowest BCUT2D eigenvalue weighted by atomic mass is 9.90. The molecule has 8 nitrogen and oxygen atoms in total. The number of hydrogen-bond acceptors (Lipinski definition) is 5. The molecule has 2 aromatic rings. The summed E-state index contributed by atoms with van der Waals surface area (Å²) in [7, 11) is 0. The SMILES string of the molecule is Nc1ccc(NC(=O)C(=O)N2CCC(Cc3ccc(F)cc3)CC2)cc1[N+](=O)[O-]. The van der Waals surface area contributed by atoms with Crippen LogP contribution in [0.25, 0.3) is 0 Å². The van der Waals surface area contributed by atoms with Gasteiger partial charge in [-0.25, -0.2) is 4.39 Å². The number of nitro benzene ring substituents is 1. The lowest BCUT2D eigenvalue weighted by molar-refractivity contribution is -0.383. The van der Waals surface area contributed by atoms with Gasteiger partial charge in [0.25, 0.3) is 5.69 Å². The number of halogens is 1. The zero-order valence-corrected chi connectivity index (χ0v) is 15.6. The largest absolute Gasteiger partial charge is 0.393 e. The number of piperidine rings is 1. The Hall–Kier alpha value is -3.49. The summed E-state index contributed by atoms with van der Waals surface area (Å²) in [5.41, 5.74) is 6.34. The van der Waals surface area contributed by atoms with E-state index in [0.29, 0.717) is 19.0 Å². The summed E-state index contributed by atoms with van der Waals surface area (Å²) < 4.78 is 13.0. The smallest absolute Gasteiger partial charge is 0.313 e. The molecule has 2 aromatic carbocycles. The number of benzene rings is 2. The number of hydrogen-bond donors (Lipinski definition) is 2. The van der Waals surface area contributed by atoms with Gasteiger partial charge in [-0.05, 0) is 55.0 Å². The molecule has 0 bridgehead atoms. The highest BCUT2D eigenvalue weighted by molar-refractivity contribution is 6.39. The Morgan fingerprint density at radius 3 is 2.45 bits per heavy atom. The van der Waals surface area contributed by atoms with E-state index in [2.05, 4.69) is 5.32 Å². The van der Waals surface area contributed by atoms with Crippen molar-refractivity contribution in [3.05, 3.63) is 64.0 Å². The van der Waals surface area contributed by atoms with Crippen molar-refractivity contribution in [1.82, 2.24) is 4.90 Å². The van der Waals surface area contributed by atoms with E-state index in [1.54, 1.807) is 12.1 Å². The third-order valence-corrected chi connectivity index (χ3v) is 5.02. The van der Waals surface area contributed by atoms with Crippen LogP contribution in [0.1, 0.15) is 18.4 Å². The molecule has 1 saturated heterocycles. The Kier molecular flexibility index (Phi) is 6.06. The van der Waals surface area contributed by atoms with Crippen LogP contribution in [-0.2, 0) is 16.0 Å². The number of nitrogens with two attached hydrogens (primary N) is 1. The molecule has 3 rings (SSSR count). The van der Waals surface area contributed by atoms with E-state index in [1.165, 1.54) is 29.2 Å². The molecule has 1 aliphatic heterocycles. The quantitative estimate of drug-likeness (QED) is 0.354. The molecule has 1 fully saturated rings. The molecule has 3 N–H and O–H groups in total. The number of carbonyl (C=O) groups excluding carboxylic acids is 2. The average Bonchev–Trinajstić information content (AvgIpc) is 2.71. The van der Waals surface area contributed by atoms with Gasteiger partial charge in [-0.3, -0.25) is 19.7 Å². The van der Waals surface area contributed by atoms with Gasteiger partial charge < -0.3 is 16.0 Å². The maximum Gasteiger partial charge on any atom is 0.313 e. The van der Waals surface area contributed by atoms with Crippen molar-refractivity contribution in [1.29, 1.82) is 0 Å². The summed E-state index contributed by atoms with van der Waals surface area (Å²) in [4.78, 5) is 36.4. The van der Waals surface area contributed by atoms with Crippen LogP contribution in [0.5, 0.6) is 0 Å². The lowest BCUT2D eigenvalue weighted by Crippen LogP contribution is -2.44. The highest BCUT2D eigenvalue weighted by Gasteiger charge is 2.27. The van der Waals surface area contributed by atoms with Gasteiger partial charge in [0.15, 0.2) is 0 Å². The van der Waals surface area contributed by atoms with Gasteiger partial charge in [-0.1, -0.05) is 12.1 Å². The fraction of sp³-hybridized carbons (Fsp3) is 0.300. The Balaban J connectivity index is 1.53. The first-order chi connectivity index (χ1) is 13.8. The van der Waals surface area contributed by atoms with Crippen molar-refractivity contribution in [2.45, 2.75) is 19.3 Å². The lowest BCUT2D eigenvalue weighted by Gasteiger charge is -2.31. The molecule has 29 heavy (non-hydrogen) atoms. The molecular weight excluding hydrogens is 379 g/mol. The van der Waals surface area contributed by atoms with Gasteiger partial charge in [0.1, 0.15) is 11.5 Å². The van der Waals surface area contributed by atoms with E-state index in [-0.39, 0.29) is 22.9 Å². The number of anilines is 2. The number of carbonyl (C=O) groups is 2. The Labute approximate surface area is 166 Å². The molecule has 152 valence electrons. The van der Waals surface area contributed by atoms with Gasteiger partial charge in [-0.15, -0.1) is 0 Å². The maximum absolute atomic E-state index is 13.0. The van der Waals surface area contributed by atoms with E-state index in [4.69, 9.17) is 5.73 Å². The fourth-order valence-corrected chi connectivity index (χ4v) is 3.40. The van der Waals surface area contributed by atoms with Crippen LogP contribution in [-0.4, -0.2) is 34.7 Å². The van der Waals surface area contributed by atoms with Crippen molar-refractivity contribution in [3.8, 4) is 0 Å². The van der Waals surface area contributed by atoms with Crippen LogP contribution >= 0.6 is 0 Å². The third kappa shape index (κ3) is 5.07. The van der Waals surface area contributed by atoms with Gasteiger partial charge in [0.2, 0.25) is 0 Å². The minimum Gasteiger partial charge on any atom is -0.393 e. The highest BCUT2D eigenvalue weighted by atomic mass is 19.1. The van der Waals surface area contributed by atoms with Crippen LogP contribution in [0.3, 0.4) is 0 Å². The summed E-state index contributed by atoms with van der Waals surface area (Å²) in [6, 6.07) is 10.2. The van der Waals surface area contributed by atoms with E-state index < -0.39 is 16.7 Å². The molecule has 0 atom stereocenters. The van der Waals surface area contributed by atoms with E-state index in [0.717, 1.165) is 30.9 Å². The van der Waals surface area contributed by atoms with E-state index in [1.807, 2.05) is 0 Å². The van der Waals surface area contributed by atoms with Gasteiger partial charge in [0, 0.05) is 24.8 Å². The van der Waals surface area contributed by atoms with Crippen molar-refractivity contribution in [3.63, 3.8) is 0 Å². The first-order valence-electron chi connectivity index (χ1n) is 9.22. The van der Waals surface area contributed by atoms with Crippen LogP contribution in [0.15, 0.2) is 42.5 Å². The summed E-state index contributed by atoms with van der Waals surface area (Å²) in [6.07, 6.45) is 2.27. The first-order valence-corrected chi connectivity index (χ1v) is 9.22. The average molecular weight is 400 g/mol. The van der Waals surface area contributed by atoms with Gasteiger partial charge >= 0.3 is 11.8 Å². The molecule has 2 amide bonds. The summed E-state index contributed by atoms with van der Waals surface area (Å²) in [6.45, 7) is 0.889. The number of amides is 2. The summed E-state index contributed by atoms with van der Waals surface area (Å²) in [5.74, 6) is -1.44. The summed E-state index contributed by atoms with van der Waals surface area (Å²) in [5, 5.41) is 13.3. The zero-order valence-electron chi connectivity index (χ0n) is 15.6. The molecule has 0 unspecified atom stereocenters. The molecule has 1 aliphatic rings. The zero-order chi connectivity index (χ0) is 21.0. The molecule has 0 aromatic heterocycles. The van der Waals surface area contributed by atoms with Crippen LogP contribution in [0, 0.1) is 21.8 Å². The van der Waals surface area contributed by atoms with Gasteiger partial charge in [-0.2, -0.15) is 0 Å². The van der Waals surface area contributed by atoms with Crippen molar-refractivity contribution < 1.29 is 18.9 Å². The van der Waals surface area contributed by atoms with E-state index >= 15 is 0 Å². The predicted octanol–water partition coefficient (Wildman–Crippen LogP) is 2.74. The van der Waals surface area contributed by atoms with Crippen LogP contribution < -0.4 is 11.1 Å². The first kappa shape index (κ1) is 20.2. The van der Waals surface area contributed by atoms with E-state index in [9.17, 15) is 24.1 Å². The standard InChI is InChI=1S/C20H21FN4O4/c21-15-3-1-13(2-4-15)11-14-7-9-24(10-8-14)20(27)19(26)23-16-5-6-17(22)18(12-16)25(28)29/h1-6,12,14H,7-11,22H2,(H,23,26). The second-order valence-corrected chi connectivity index (χ2v) is 7.05. The number of nitrogens with one attached hydrogen (secondary N) is 1. The predicted molar refractivity (Wildman–Crippen MR) is 106 cm³/mol. The van der Waals surface area contributed by atoms with Crippen molar-refractivity contribution in [2.75, 3.05) is 24.1 Å². The molecule has 0 radical (unpaired) electrons. The number of nitrogens with zero attached hydrogens (tertiary/aromatic N) is 2. The monoisotopic (exact) mass is 400 g/mol. The molecular formula is C20H21FN4O4. The topological polar surface area (TPSA) is 119 Å². The van der Waals surface area contributed by atoms with Gasteiger partial charge in [0.05, 0.1) is 4.92 Å². The van der Waals surface area contributed by atoms with Crippen LogP contribution in [0.4, 0.5) is 21.5 Å². The normalized spacial score (nSPS) is 14.4. The second kappa shape index (κ2) is 8.68. The third-order valence-electron chi connectivity index (χ3n) is 5.02. The highest BCUT2D eigenvalue weighted by Crippen LogP contribution is 2.25. The van der Waals surface area contributed by atoms with Crippen molar-refractivity contribution in [2.24, 2.45) is 5.92 Å². The van der Waals surface area contributed by atoms with Crippen molar-refractivity contribution >= 4 is 28.9 Å². The number of nitrogen functional groups attached to an aromatic ring is 1. The van der Waals surface area contributed by atoms with Crippen LogP contribution in [0.2, 0.25) is 0 Å². The molecule has 1 heterocycles. The Morgan fingerprint density at radius 2 is 1.83 bits per heavy atom. The number of nitro groups is 1. The molecule has 0 aliphatic carbocycles. The Bertz CT molecular complexity index is 925. The summed E-state index contributed by atoms with van der Waals surface area (Å²) >= 11 is 0. The molecule has 9 heteroatoms. The maximum atomic E-state index is 13.0. The number of likely N-dealkylation sites (tertiary alicyclic amines) is 1. The molecule has 0 saturated carbocycles. The number of rotatable bonds is 4. The Morgan fingerprint density at radius 1 is 1.17 bits per heavy atom. The molecule has 0 spiro atoms. The fourth-order valence-electron chi connectivity index (χ4n) is 3.40.